The molecule has 1 N–H and O–H groups in total. The molecule has 0 saturated heterocycles. The Balaban J connectivity index is 1.73. The highest BCUT2D eigenvalue weighted by Gasteiger charge is 2.17. The lowest BCUT2D eigenvalue weighted by molar-refractivity contribution is -0.122. The smallest absolute Gasteiger partial charge is 0.220 e. The first-order chi connectivity index (χ1) is 13.4. The highest BCUT2D eigenvalue weighted by molar-refractivity contribution is 7.99. The molecular weight excluding hydrogens is 368 g/mol. The van der Waals surface area contributed by atoms with Crippen LogP contribution in [0.15, 0.2) is 65.8 Å². The number of nitrogens with zero attached hydrogens (tertiary/aromatic N) is 3. The number of thioether (sulfide) groups is 1. The Hall–Kier alpha value is -2.60. The third-order valence-electron chi connectivity index (χ3n) is 3.97. The zero-order valence-electron chi connectivity index (χ0n) is 16.6. The highest BCUT2D eigenvalue weighted by Crippen LogP contribution is 2.28. The maximum absolute atomic E-state index is 12.0. The van der Waals surface area contributed by atoms with Crippen molar-refractivity contribution in [2.45, 2.75) is 44.3 Å². The van der Waals surface area contributed by atoms with Gasteiger partial charge >= 0.3 is 0 Å². The van der Waals surface area contributed by atoms with E-state index in [4.69, 9.17) is 0 Å². The molecule has 0 unspecified atom stereocenters. The number of hydrogen-bond donors (Lipinski definition) is 1. The molecule has 0 aliphatic rings. The van der Waals surface area contributed by atoms with Crippen molar-refractivity contribution in [1.29, 1.82) is 0 Å². The lowest BCUT2D eigenvalue weighted by Crippen LogP contribution is -2.40. The van der Waals surface area contributed by atoms with Crippen LogP contribution in [0.2, 0.25) is 0 Å². The molecule has 2 aromatic carbocycles. The van der Waals surface area contributed by atoms with Crippen molar-refractivity contribution in [3.05, 3.63) is 60.7 Å². The molecule has 0 aliphatic carbocycles. The minimum atomic E-state index is -0.192. The molecule has 0 atom stereocenters. The van der Waals surface area contributed by atoms with Crippen LogP contribution >= 0.6 is 11.8 Å². The van der Waals surface area contributed by atoms with Gasteiger partial charge in [-0.25, -0.2) is 0 Å². The second kappa shape index (κ2) is 9.06. The summed E-state index contributed by atoms with van der Waals surface area (Å²) in [5.41, 5.74) is 1.86. The summed E-state index contributed by atoms with van der Waals surface area (Å²) < 4.78 is 2.08. The summed E-state index contributed by atoms with van der Waals surface area (Å²) >= 11 is 1.63. The van der Waals surface area contributed by atoms with Crippen LogP contribution in [0, 0.1) is 0 Å². The normalized spacial score (nSPS) is 11.4. The Kier molecular flexibility index (Phi) is 6.52. The van der Waals surface area contributed by atoms with E-state index in [0.29, 0.717) is 6.42 Å². The number of aromatic nitrogens is 3. The predicted octanol–water partition coefficient (Wildman–Crippen LogP) is 4.72. The first-order valence-corrected chi connectivity index (χ1v) is 10.4. The third-order valence-corrected chi connectivity index (χ3v) is 4.99. The lowest BCUT2D eigenvalue weighted by atomic mass is 10.1. The highest BCUT2D eigenvalue weighted by atomic mass is 32.2. The van der Waals surface area contributed by atoms with Gasteiger partial charge in [-0.1, -0.05) is 60.3 Å². The largest absolute Gasteiger partial charge is 0.352 e. The Labute approximate surface area is 170 Å². The summed E-state index contributed by atoms with van der Waals surface area (Å²) in [5, 5.41) is 12.7. The minimum absolute atomic E-state index is 0.0857. The molecule has 1 heterocycles. The van der Waals surface area contributed by atoms with Gasteiger partial charge in [0.25, 0.3) is 0 Å². The Morgan fingerprint density at radius 2 is 1.64 bits per heavy atom. The van der Waals surface area contributed by atoms with Crippen LogP contribution in [0.3, 0.4) is 0 Å². The van der Waals surface area contributed by atoms with Crippen LogP contribution in [-0.2, 0) is 4.79 Å². The number of para-hydroxylation sites is 1. The lowest BCUT2D eigenvalue weighted by Gasteiger charge is -2.20. The van der Waals surface area contributed by atoms with E-state index >= 15 is 0 Å². The molecular formula is C22H26N4OS. The number of hydrogen-bond acceptors (Lipinski definition) is 4. The van der Waals surface area contributed by atoms with Gasteiger partial charge in [-0.15, -0.1) is 10.2 Å². The maximum Gasteiger partial charge on any atom is 0.220 e. The molecule has 6 heteroatoms. The first-order valence-electron chi connectivity index (χ1n) is 9.44. The molecule has 5 nitrogen and oxygen atoms in total. The van der Waals surface area contributed by atoms with Crippen molar-refractivity contribution in [2.75, 3.05) is 5.75 Å². The van der Waals surface area contributed by atoms with Gasteiger partial charge in [-0.2, -0.15) is 0 Å². The molecule has 1 amide bonds. The van der Waals surface area contributed by atoms with Gasteiger partial charge in [0.05, 0.1) is 0 Å². The molecule has 28 heavy (non-hydrogen) atoms. The topological polar surface area (TPSA) is 59.8 Å². The van der Waals surface area contributed by atoms with Gasteiger partial charge in [0, 0.05) is 29.0 Å². The zero-order valence-corrected chi connectivity index (χ0v) is 17.4. The summed E-state index contributed by atoms with van der Waals surface area (Å²) in [7, 11) is 0. The number of carbonyl (C=O) groups excluding carboxylic acids is 1. The molecule has 3 aromatic rings. The average Bonchev–Trinajstić information content (AvgIpc) is 3.09. The van der Waals surface area contributed by atoms with Crippen LogP contribution in [0.1, 0.15) is 33.6 Å². The summed E-state index contributed by atoms with van der Waals surface area (Å²) in [6.45, 7) is 5.98. The van der Waals surface area contributed by atoms with E-state index in [1.165, 1.54) is 0 Å². The van der Waals surface area contributed by atoms with Gasteiger partial charge in [0.2, 0.25) is 5.91 Å². The zero-order chi connectivity index (χ0) is 20.0. The SMILES string of the molecule is CC(C)(C)NC(=O)CCCSc1nnc(-c2ccccc2)n1-c1ccccc1. The van der Waals surface area contributed by atoms with Gasteiger partial charge in [-0.3, -0.25) is 9.36 Å². The van der Waals surface area contributed by atoms with E-state index in [-0.39, 0.29) is 11.4 Å². The Morgan fingerprint density at radius 1 is 1.00 bits per heavy atom. The van der Waals surface area contributed by atoms with Crippen molar-refractivity contribution in [3.8, 4) is 17.1 Å². The standard InChI is InChI=1S/C22H26N4OS/c1-22(2,3)23-19(27)15-10-16-28-21-25-24-20(17-11-6-4-7-12-17)26(21)18-13-8-5-9-14-18/h4-9,11-14H,10,15-16H2,1-3H3,(H,23,27). The first kappa shape index (κ1) is 20.1. The average molecular weight is 395 g/mol. The molecule has 0 aliphatic heterocycles. The third kappa shape index (κ3) is 5.45. The summed E-state index contributed by atoms with van der Waals surface area (Å²) in [4.78, 5) is 12.0. The molecule has 3 rings (SSSR count). The fourth-order valence-electron chi connectivity index (χ4n) is 2.82. The summed E-state index contributed by atoms with van der Waals surface area (Å²) in [5.74, 6) is 1.71. The van der Waals surface area contributed by atoms with E-state index in [2.05, 4.69) is 32.2 Å². The molecule has 0 radical (unpaired) electrons. The van der Waals surface area contributed by atoms with E-state index in [1.807, 2.05) is 69.3 Å². The molecule has 0 bridgehead atoms. The van der Waals surface area contributed by atoms with Crippen LogP contribution in [-0.4, -0.2) is 32.0 Å². The number of rotatable bonds is 7. The molecule has 1 aromatic heterocycles. The van der Waals surface area contributed by atoms with Crippen molar-refractivity contribution < 1.29 is 4.79 Å². The van der Waals surface area contributed by atoms with Crippen molar-refractivity contribution in [3.63, 3.8) is 0 Å². The summed E-state index contributed by atoms with van der Waals surface area (Å²) in [6, 6.07) is 20.2. The van der Waals surface area contributed by atoms with Gasteiger partial charge in [0.1, 0.15) is 0 Å². The van der Waals surface area contributed by atoms with E-state index < -0.39 is 0 Å². The quantitative estimate of drug-likeness (QED) is 0.465. The van der Waals surface area contributed by atoms with E-state index in [0.717, 1.165) is 34.4 Å². The van der Waals surface area contributed by atoms with Crippen molar-refractivity contribution in [1.82, 2.24) is 20.1 Å². The van der Waals surface area contributed by atoms with E-state index in [1.54, 1.807) is 11.8 Å². The molecule has 0 saturated carbocycles. The fourth-order valence-corrected chi connectivity index (χ4v) is 3.72. The second-order valence-electron chi connectivity index (χ2n) is 7.59. The Morgan fingerprint density at radius 3 is 2.29 bits per heavy atom. The summed E-state index contributed by atoms with van der Waals surface area (Å²) in [6.07, 6.45) is 1.30. The van der Waals surface area contributed by atoms with Crippen LogP contribution in [0.25, 0.3) is 17.1 Å². The van der Waals surface area contributed by atoms with E-state index in [9.17, 15) is 4.79 Å². The monoisotopic (exact) mass is 394 g/mol. The molecule has 0 fully saturated rings. The van der Waals surface area contributed by atoms with Crippen molar-refractivity contribution in [2.24, 2.45) is 0 Å². The van der Waals surface area contributed by atoms with Gasteiger partial charge < -0.3 is 5.32 Å². The molecule has 0 spiro atoms. The second-order valence-corrected chi connectivity index (χ2v) is 8.66. The van der Waals surface area contributed by atoms with Gasteiger partial charge in [-0.05, 0) is 39.3 Å². The number of nitrogens with one attached hydrogen (secondary N) is 1. The number of carbonyl (C=O) groups is 1. The van der Waals surface area contributed by atoms with Crippen molar-refractivity contribution >= 4 is 17.7 Å². The van der Waals surface area contributed by atoms with Crippen LogP contribution < -0.4 is 5.32 Å². The minimum Gasteiger partial charge on any atom is -0.352 e. The number of amides is 1. The number of benzene rings is 2. The fraction of sp³-hybridized carbons (Fsp3) is 0.318. The molecule has 146 valence electrons. The van der Waals surface area contributed by atoms with Gasteiger partial charge in [0.15, 0.2) is 11.0 Å². The predicted molar refractivity (Wildman–Crippen MR) is 115 cm³/mol. The van der Waals surface area contributed by atoms with Crippen LogP contribution in [0.5, 0.6) is 0 Å². The van der Waals surface area contributed by atoms with Crippen LogP contribution in [0.4, 0.5) is 0 Å². The Bertz CT molecular complexity index is 901. The maximum atomic E-state index is 12.0.